The molecule has 2 aromatic rings. The van der Waals surface area contributed by atoms with Gasteiger partial charge in [0.2, 0.25) is 0 Å². The van der Waals surface area contributed by atoms with Crippen molar-refractivity contribution in [1.29, 1.82) is 0 Å². The molecule has 1 unspecified atom stereocenters. The van der Waals surface area contributed by atoms with Gasteiger partial charge in [-0.2, -0.15) is 0 Å². The van der Waals surface area contributed by atoms with Gasteiger partial charge in [0.15, 0.2) is 0 Å². The molecule has 1 atom stereocenters. The van der Waals surface area contributed by atoms with Gasteiger partial charge in [0, 0.05) is 11.9 Å². The fraction of sp³-hybridized carbons (Fsp3) is 0.350. The van der Waals surface area contributed by atoms with E-state index in [1.807, 2.05) is 50.5 Å². The fourth-order valence-corrected chi connectivity index (χ4v) is 2.04. The lowest BCUT2D eigenvalue weighted by molar-refractivity contribution is 0.625. The summed E-state index contributed by atoms with van der Waals surface area (Å²) in [5.41, 5.74) is 10.2. The van der Waals surface area contributed by atoms with Gasteiger partial charge in [-0.15, -0.1) is 0 Å². The van der Waals surface area contributed by atoms with Crippen LogP contribution in [0.25, 0.3) is 0 Å². The molecular formula is C20H29N3. The number of rotatable bonds is 5. The van der Waals surface area contributed by atoms with Crippen LogP contribution < -0.4 is 11.1 Å². The quantitative estimate of drug-likeness (QED) is 0.623. The van der Waals surface area contributed by atoms with Gasteiger partial charge < -0.3 is 5.73 Å². The Labute approximate surface area is 140 Å². The van der Waals surface area contributed by atoms with Crippen LogP contribution in [0.15, 0.2) is 53.5 Å². The van der Waals surface area contributed by atoms with Gasteiger partial charge in [-0.25, -0.2) is 0 Å². The zero-order valence-corrected chi connectivity index (χ0v) is 14.7. The molecule has 23 heavy (non-hydrogen) atoms. The summed E-state index contributed by atoms with van der Waals surface area (Å²) in [5, 5.41) is 3.19. The van der Waals surface area contributed by atoms with E-state index in [1.54, 1.807) is 0 Å². The van der Waals surface area contributed by atoms with Crippen molar-refractivity contribution in [3.8, 4) is 0 Å². The van der Waals surface area contributed by atoms with Crippen molar-refractivity contribution < 1.29 is 0 Å². The number of nitrogen functional groups attached to an aromatic ring is 1. The molecular weight excluding hydrogens is 282 g/mol. The molecule has 0 fully saturated rings. The van der Waals surface area contributed by atoms with Crippen LogP contribution in [0, 0.1) is 13.8 Å². The van der Waals surface area contributed by atoms with E-state index in [-0.39, 0.29) is 6.17 Å². The highest BCUT2D eigenvalue weighted by atomic mass is 15.0. The van der Waals surface area contributed by atoms with E-state index in [2.05, 4.69) is 42.4 Å². The maximum Gasteiger partial charge on any atom is 0.124 e. The van der Waals surface area contributed by atoms with Crippen molar-refractivity contribution >= 4 is 11.9 Å². The number of nitrogens with two attached hydrogens (primary N) is 1. The van der Waals surface area contributed by atoms with Gasteiger partial charge in [0.05, 0.1) is 0 Å². The second kappa shape index (κ2) is 10.6. The lowest BCUT2D eigenvalue weighted by Gasteiger charge is -2.13. The molecule has 3 heteroatoms. The maximum atomic E-state index is 5.79. The minimum absolute atomic E-state index is 0.0332. The molecule has 0 spiro atoms. The number of benzene rings is 2. The number of unbranched alkanes of at least 4 members (excludes halogenated alkanes) is 1. The number of hydrogen-bond acceptors (Lipinski definition) is 3. The minimum atomic E-state index is 0.0332. The van der Waals surface area contributed by atoms with Crippen LogP contribution in [-0.2, 0) is 0 Å². The minimum Gasteiger partial charge on any atom is -0.399 e. The van der Waals surface area contributed by atoms with Crippen LogP contribution >= 0.6 is 0 Å². The van der Waals surface area contributed by atoms with Crippen molar-refractivity contribution in [2.24, 2.45) is 4.99 Å². The molecule has 0 saturated heterocycles. The lowest BCUT2D eigenvalue weighted by Crippen LogP contribution is -2.14. The predicted molar refractivity (Wildman–Crippen MR) is 102 cm³/mol. The largest absolute Gasteiger partial charge is 0.399 e. The Hall–Kier alpha value is -2.13. The Morgan fingerprint density at radius 2 is 1.83 bits per heavy atom. The number of anilines is 1. The highest BCUT2D eigenvalue weighted by Gasteiger charge is 2.06. The number of nitrogens with zero attached hydrogens (tertiary/aromatic N) is 1. The number of hydrogen-bond donors (Lipinski definition) is 2. The molecule has 0 aliphatic rings. The summed E-state index contributed by atoms with van der Waals surface area (Å²) in [4.78, 5) is 4.50. The van der Waals surface area contributed by atoms with Crippen LogP contribution in [0.5, 0.6) is 0 Å². The summed E-state index contributed by atoms with van der Waals surface area (Å²) in [5.74, 6) is 0. The average Bonchev–Trinajstić information content (AvgIpc) is 2.56. The molecule has 0 saturated carbocycles. The van der Waals surface area contributed by atoms with Gasteiger partial charge in [-0.05, 0) is 44.5 Å². The van der Waals surface area contributed by atoms with E-state index in [4.69, 9.17) is 5.73 Å². The highest BCUT2D eigenvalue weighted by Crippen LogP contribution is 2.19. The topological polar surface area (TPSA) is 50.4 Å². The Morgan fingerprint density at radius 1 is 1.13 bits per heavy atom. The molecule has 0 aliphatic carbocycles. The summed E-state index contributed by atoms with van der Waals surface area (Å²) < 4.78 is 0. The van der Waals surface area contributed by atoms with Crippen molar-refractivity contribution in [3.05, 3.63) is 65.2 Å². The van der Waals surface area contributed by atoms with E-state index < -0.39 is 0 Å². The van der Waals surface area contributed by atoms with Gasteiger partial charge in [-0.3, -0.25) is 10.3 Å². The van der Waals surface area contributed by atoms with Gasteiger partial charge >= 0.3 is 0 Å². The lowest BCUT2D eigenvalue weighted by atomic mass is 10.1. The van der Waals surface area contributed by atoms with Crippen LogP contribution in [0.4, 0.5) is 5.69 Å². The Kier molecular flexibility index (Phi) is 8.70. The normalized spacial score (nSPS) is 11.8. The Morgan fingerprint density at radius 3 is 2.30 bits per heavy atom. The molecule has 0 aliphatic heterocycles. The molecule has 0 aromatic heterocycles. The monoisotopic (exact) mass is 311 g/mol. The second-order valence-electron chi connectivity index (χ2n) is 5.58. The molecule has 0 amide bonds. The molecule has 2 rings (SSSR count). The van der Waals surface area contributed by atoms with E-state index in [0.29, 0.717) is 0 Å². The summed E-state index contributed by atoms with van der Waals surface area (Å²) in [6, 6.07) is 16.3. The third-order valence-electron chi connectivity index (χ3n) is 3.50. The van der Waals surface area contributed by atoms with Crippen molar-refractivity contribution in [2.45, 2.75) is 39.8 Å². The summed E-state index contributed by atoms with van der Waals surface area (Å²) in [6.45, 7) is 6.25. The van der Waals surface area contributed by atoms with Crippen molar-refractivity contribution in [3.63, 3.8) is 0 Å². The molecule has 3 N–H and O–H groups in total. The first-order valence-electron chi connectivity index (χ1n) is 8.15. The summed E-state index contributed by atoms with van der Waals surface area (Å²) >= 11 is 0. The van der Waals surface area contributed by atoms with E-state index in [1.165, 1.54) is 5.56 Å². The number of aliphatic imine (C=N–C) groups is 1. The van der Waals surface area contributed by atoms with E-state index in [9.17, 15) is 0 Å². The SMILES string of the molecule is CCC/C=N\C(NC)c1ccc(N)c(C)c1.Cc1ccccc1. The van der Waals surface area contributed by atoms with E-state index >= 15 is 0 Å². The molecule has 0 bridgehead atoms. The van der Waals surface area contributed by atoms with Gasteiger partial charge in [0.1, 0.15) is 6.17 Å². The first-order valence-corrected chi connectivity index (χ1v) is 8.15. The molecule has 124 valence electrons. The number of aryl methyl sites for hydroxylation is 2. The molecule has 3 nitrogen and oxygen atoms in total. The first kappa shape index (κ1) is 18.9. The predicted octanol–water partition coefficient (Wildman–Crippen LogP) is 4.66. The van der Waals surface area contributed by atoms with Crippen molar-refractivity contribution in [1.82, 2.24) is 5.32 Å². The maximum absolute atomic E-state index is 5.79. The molecule has 0 radical (unpaired) electrons. The van der Waals surface area contributed by atoms with Crippen molar-refractivity contribution in [2.75, 3.05) is 12.8 Å². The summed E-state index contributed by atoms with van der Waals surface area (Å²) in [6.07, 6.45) is 4.16. The zero-order chi connectivity index (χ0) is 17.1. The average molecular weight is 311 g/mol. The Balaban J connectivity index is 0.000000313. The van der Waals surface area contributed by atoms with Crippen LogP contribution in [-0.4, -0.2) is 13.3 Å². The van der Waals surface area contributed by atoms with Crippen LogP contribution in [0.3, 0.4) is 0 Å². The van der Waals surface area contributed by atoms with Gasteiger partial charge in [-0.1, -0.05) is 61.4 Å². The van der Waals surface area contributed by atoms with Crippen LogP contribution in [0.1, 0.15) is 42.6 Å². The summed E-state index contributed by atoms with van der Waals surface area (Å²) in [7, 11) is 1.92. The third kappa shape index (κ3) is 7.11. The standard InChI is InChI=1S/C13H21N3.C7H8/c1-4-5-8-16-13(15-3)11-6-7-12(14)10(2)9-11;1-7-5-3-2-4-6-7/h6-9,13,15H,4-5,14H2,1-3H3;2-6H,1H3/b16-8-;. The number of nitrogens with one attached hydrogen (secondary N) is 1. The highest BCUT2D eigenvalue weighted by molar-refractivity contribution is 5.58. The van der Waals surface area contributed by atoms with Gasteiger partial charge in [0.25, 0.3) is 0 Å². The zero-order valence-electron chi connectivity index (χ0n) is 14.7. The van der Waals surface area contributed by atoms with E-state index in [0.717, 1.165) is 29.7 Å². The molecule has 2 aromatic carbocycles. The first-order chi connectivity index (χ1) is 11.1. The fourth-order valence-electron chi connectivity index (χ4n) is 2.04. The second-order valence-corrected chi connectivity index (χ2v) is 5.58. The van der Waals surface area contributed by atoms with Crippen LogP contribution in [0.2, 0.25) is 0 Å². The Bertz CT molecular complexity index is 591. The molecule has 0 heterocycles. The third-order valence-corrected chi connectivity index (χ3v) is 3.50. The smallest absolute Gasteiger partial charge is 0.124 e.